The Kier molecular flexibility index (Phi) is 21.5. The molecule has 1 aliphatic carbocycles. The van der Waals surface area contributed by atoms with Crippen LogP contribution in [0, 0.1) is 35.5 Å². The first-order chi connectivity index (χ1) is 30.9. The summed E-state index contributed by atoms with van der Waals surface area (Å²) in [5.41, 5.74) is 1.67. The summed E-state index contributed by atoms with van der Waals surface area (Å²) in [6.45, 7) is 13.4. The topological polar surface area (TPSA) is 175 Å². The van der Waals surface area contributed by atoms with E-state index in [2.05, 4.69) is 13.0 Å². The molecule has 3 fully saturated rings. The van der Waals surface area contributed by atoms with Gasteiger partial charge in [-0.25, -0.2) is 4.79 Å². The second-order valence-corrected chi connectivity index (χ2v) is 19.7. The molecule has 2 N–H and O–H groups in total. The molecule has 65 heavy (non-hydrogen) atoms. The number of nitrogens with zero attached hydrogens (tertiary/aromatic N) is 1. The molecule has 14 atom stereocenters. The summed E-state index contributed by atoms with van der Waals surface area (Å²) in [4.78, 5) is 71.8. The average Bonchev–Trinajstić information content (AvgIpc) is 3.29. The van der Waals surface area contributed by atoms with Gasteiger partial charge in [0, 0.05) is 64.9 Å². The molecule has 2 saturated heterocycles. The maximum atomic E-state index is 14.4. The third-order valence-electron chi connectivity index (χ3n) is 14.8. The number of hydrogen-bond donors (Lipinski definition) is 2. The van der Waals surface area contributed by atoms with Gasteiger partial charge < -0.3 is 38.8 Å². The highest BCUT2D eigenvalue weighted by molar-refractivity contribution is 6.39. The van der Waals surface area contributed by atoms with Gasteiger partial charge in [0.15, 0.2) is 0 Å². The molecule has 13 heteroatoms. The molecule has 0 aromatic rings. The van der Waals surface area contributed by atoms with Crippen LogP contribution in [0.3, 0.4) is 0 Å². The van der Waals surface area contributed by atoms with Gasteiger partial charge in [-0.15, -0.1) is 0 Å². The quantitative estimate of drug-likeness (QED) is 0.146. The molecule has 13 nitrogen and oxygen atoms in total. The van der Waals surface area contributed by atoms with Gasteiger partial charge in [0.05, 0.1) is 30.5 Å². The van der Waals surface area contributed by atoms with E-state index >= 15 is 0 Å². The van der Waals surface area contributed by atoms with Gasteiger partial charge >= 0.3 is 5.97 Å². The Hall–Kier alpha value is -3.33. The van der Waals surface area contributed by atoms with E-state index in [-0.39, 0.29) is 67.1 Å². The SMILES string of the molecule is CC[C@@H]1C=CC=CC=C(C)[C@@H](OC)C[C@@H]2CC[C@@H](C)[C@@](O)(O2)C(=O)C(=O)N2CCCC[C@H]2C(=O)O[C@H]([C@H](C)C[C@@H]2CC[C@@H](O)C(OC)C2)CC(=O)[C@H](C)C=C(C)[C@@H](OC)CC(=O)[C@H](C)C1. The van der Waals surface area contributed by atoms with Crippen molar-refractivity contribution in [1.82, 2.24) is 4.90 Å². The van der Waals surface area contributed by atoms with E-state index in [1.807, 2.05) is 58.1 Å². The second kappa shape index (κ2) is 25.7. The number of cyclic esters (lactones) is 1. The van der Waals surface area contributed by atoms with Crippen LogP contribution in [-0.4, -0.2) is 121 Å². The smallest absolute Gasteiger partial charge is 0.329 e. The van der Waals surface area contributed by atoms with Crippen LogP contribution in [0.25, 0.3) is 0 Å². The van der Waals surface area contributed by atoms with Crippen molar-refractivity contribution in [1.29, 1.82) is 0 Å². The number of ketones is 3. The lowest BCUT2D eigenvalue weighted by atomic mass is 9.78. The predicted molar refractivity (Wildman–Crippen MR) is 248 cm³/mol. The monoisotopic (exact) mass is 912 g/mol. The maximum Gasteiger partial charge on any atom is 0.329 e. The summed E-state index contributed by atoms with van der Waals surface area (Å²) < 4.78 is 29.7. The molecule has 0 radical (unpaired) electrons. The van der Waals surface area contributed by atoms with Crippen molar-refractivity contribution in [2.75, 3.05) is 27.9 Å². The van der Waals surface area contributed by atoms with E-state index < -0.39 is 71.8 Å². The first kappa shape index (κ1) is 54.3. The minimum absolute atomic E-state index is 0.0811. The van der Waals surface area contributed by atoms with Crippen molar-refractivity contribution < 1.29 is 57.9 Å². The molecule has 1 amide bonds. The van der Waals surface area contributed by atoms with Gasteiger partial charge in [0.25, 0.3) is 11.7 Å². The van der Waals surface area contributed by atoms with Gasteiger partial charge in [0.2, 0.25) is 5.79 Å². The van der Waals surface area contributed by atoms with E-state index in [4.69, 9.17) is 23.7 Å². The predicted octanol–water partition coefficient (Wildman–Crippen LogP) is 7.60. The summed E-state index contributed by atoms with van der Waals surface area (Å²) in [5, 5.41) is 22.4. The number of esters is 1. The number of aliphatic hydroxyl groups excluding tert-OH is 1. The van der Waals surface area contributed by atoms with Gasteiger partial charge in [-0.2, -0.15) is 0 Å². The number of aliphatic hydroxyl groups is 2. The van der Waals surface area contributed by atoms with E-state index in [9.17, 15) is 34.2 Å². The second-order valence-electron chi connectivity index (χ2n) is 19.7. The number of methoxy groups -OCH3 is 3. The van der Waals surface area contributed by atoms with Crippen LogP contribution in [0.1, 0.15) is 138 Å². The highest BCUT2D eigenvalue weighted by Crippen LogP contribution is 2.38. The van der Waals surface area contributed by atoms with Crippen molar-refractivity contribution >= 4 is 29.2 Å². The van der Waals surface area contributed by atoms with Crippen molar-refractivity contribution in [2.45, 2.75) is 187 Å². The summed E-state index contributed by atoms with van der Waals surface area (Å²) >= 11 is 0. The number of rotatable bonds is 7. The number of ether oxygens (including phenoxy) is 5. The van der Waals surface area contributed by atoms with E-state index in [0.717, 1.165) is 24.0 Å². The zero-order chi connectivity index (χ0) is 48.0. The Balaban J connectivity index is 1.69. The molecule has 0 spiro atoms. The molecule has 0 aromatic carbocycles. The summed E-state index contributed by atoms with van der Waals surface area (Å²) in [6, 6.07) is -1.11. The molecule has 1 unspecified atom stereocenters. The Labute approximate surface area is 388 Å². The van der Waals surface area contributed by atoms with Crippen molar-refractivity contribution in [2.24, 2.45) is 35.5 Å². The minimum Gasteiger partial charge on any atom is -0.460 e. The zero-order valence-corrected chi connectivity index (χ0v) is 41.0. The lowest BCUT2D eigenvalue weighted by Crippen LogP contribution is -2.61. The maximum absolute atomic E-state index is 14.4. The summed E-state index contributed by atoms with van der Waals surface area (Å²) in [7, 11) is 4.74. The highest BCUT2D eigenvalue weighted by atomic mass is 16.6. The molecule has 4 aliphatic rings. The lowest BCUT2D eigenvalue weighted by Gasteiger charge is -2.42. The fourth-order valence-corrected chi connectivity index (χ4v) is 10.2. The third kappa shape index (κ3) is 14.8. The van der Waals surface area contributed by atoms with Crippen LogP contribution < -0.4 is 0 Å². The fourth-order valence-electron chi connectivity index (χ4n) is 10.2. The molecule has 3 heterocycles. The number of allylic oxidation sites excluding steroid dienone is 6. The number of hydrogen-bond acceptors (Lipinski definition) is 12. The standard InChI is InChI=1S/C52H81NO12/c1-11-38-18-14-12-13-17-32(2)45(61-8)29-40-22-20-37(7)52(60,65-40)49(57)50(58)53-24-16-15-19-41(53)51(59)64-47(36(6)27-39-21-23-42(54)48(28-39)63-10)31-44(56)33(3)25-35(5)46(62-9)30-43(55)34(4)26-38/h12-14,17-18,25,33-34,36-42,45-48,54,60H,11,15-16,19-24,26-31H2,1-10H3/t33-,34-,36-,37-,38-,39+,40+,41+,42-,45+,46+,47+,48?,52-/m1/s1. The molecule has 1 saturated carbocycles. The van der Waals surface area contributed by atoms with Crippen LogP contribution in [0.5, 0.6) is 0 Å². The van der Waals surface area contributed by atoms with Gasteiger partial charge in [0.1, 0.15) is 23.7 Å². The van der Waals surface area contributed by atoms with Crippen LogP contribution in [-0.2, 0) is 47.7 Å². The summed E-state index contributed by atoms with van der Waals surface area (Å²) in [6.07, 6.45) is 15.4. The molecule has 0 aromatic heterocycles. The molecule has 2 bridgehead atoms. The molecular weight excluding hydrogens is 831 g/mol. The minimum atomic E-state index is -2.41. The van der Waals surface area contributed by atoms with Crippen LogP contribution >= 0.6 is 0 Å². The fraction of sp³-hybridized carbons (Fsp3) is 0.750. The highest BCUT2D eigenvalue weighted by Gasteiger charge is 2.53. The van der Waals surface area contributed by atoms with E-state index in [1.54, 1.807) is 35.2 Å². The van der Waals surface area contributed by atoms with Crippen molar-refractivity contribution in [3.63, 3.8) is 0 Å². The van der Waals surface area contributed by atoms with Crippen LogP contribution in [0.4, 0.5) is 0 Å². The Bertz CT molecular complexity index is 1740. The van der Waals surface area contributed by atoms with Crippen LogP contribution in [0.15, 0.2) is 47.6 Å². The third-order valence-corrected chi connectivity index (χ3v) is 14.8. The molecular formula is C52H81NO12. The number of carbonyl (C=O) groups excluding carboxylic acids is 5. The molecule has 366 valence electrons. The van der Waals surface area contributed by atoms with Crippen molar-refractivity contribution in [3.05, 3.63) is 47.6 Å². The Morgan fingerprint density at radius 2 is 1.55 bits per heavy atom. The molecule has 4 rings (SSSR count). The molecule has 3 aliphatic heterocycles. The zero-order valence-electron chi connectivity index (χ0n) is 41.0. The van der Waals surface area contributed by atoms with Crippen molar-refractivity contribution in [3.8, 4) is 0 Å². The summed E-state index contributed by atoms with van der Waals surface area (Å²) in [5.74, 6) is -6.78. The van der Waals surface area contributed by atoms with Gasteiger partial charge in [-0.05, 0) is 113 Å². The average molecular weight is 912 g/mol. The number of amides is 1. The van der Waals surface area contributed by atoms with Crippen LogP contribution in [0.2, 0.25) is 0 Å². The number of piperidine rings is 1. The van der Waals surface area contributed by atoms with E-state index in [0.29, 0.717) is 57.8 Å². The van der Waals surface area contributed by atoms with Gasteiger partial charge in [-0.1, -0.05) is 71.1 Å². The lowest BCUT2D eigenvalue weighted by molar-refractivity contribution is -0.265. The van der Waals surface area contributed by atoms with E-state index in [1.165, 1.54) is 4.90 Å². The number of carbonyl (C=O) groups is 5. The Morgan fingerprint density at radius 1 is 0.831 bits per heavy atom. The number of fused-ring (bicyclic) bond motifs is 3. The largest absolute Gasteiger partial charge is 0.460 e. The first-order valence-electron chi connectivity index (χ1n) is 24.3. The first-order valence-corrected chi connectivity index (χ1v) is 24.3. The number of Topliss-reactive ketones (excluding diaryl/α,β-unsaturated/α-hetero) is 3. The van der Waals surface area contributed by atoms with Gasteiger partial charge in [-0.3, -0.25) is 19.2 Å². The normalized spacial score (nSPS) is 36.7. The Morgan fingerprint density at radius 3 is 2.23 bits per heavy atom.